The van der Waals surface area contributed by atoms with E-state index in [1.165, 1.54) is 4.31 Å². The molecule has 0 bridgehead atoms. The lowest BCUT2D eigenvalue weighted by molar-refractivity contribution is 0.467. The van der Waals surface area contributed by atoms with Crippen molar-refractivity contribution >= 4 is 15.7 Å². The Morgan fingerprint density at radius 2 is 1.81 bits per heavy atom. The molecule has 0 unspecified atom stereocenters. The van der Waals surface area contributed by atoms with Gasteiger partial charge in [-0.25, -0.2) is 12.7 Å². The number of aryl methyl sites for hydroxylation is 1. The van der Waals surface area contributed by atoms with Crippen molar-refractivity contribution in [2.75, 3.05) is 18.5 Å². The van der Waals surface area contributed by atoms with Gasteiger partial charge in [-0.3, -0.25) is 4.98 Å². The average Bonchev–Trinajstić information content (AvgIpc) is 2.48. The van der Waals surface area contributed by atoms with Crippen LogP contribution in [-0.4, -0.2) is 30.5 Å². The van der Waals surface area contributed by atoms with Crippen LogP contribution >= 0.6 is 0 Å². The highest BCUT2D eigenvalue weighted by atomic mass is 32.2. The first kappa shape index (κ1) is 15.5. The zero-order valence-corrected chi connectivity index (χ0v) is 12.8. The summed E-state index contributed by atoms with van der Waals surface area (Å²) in [5, 5.41) is 0. The number of benzene rings is 1. The second kappa shape index (κ2) is 6.69. The lowest BCUT2D eigenvalue weighted by Gasteiger charge is -2.18. The van der Waals surface area contributed by atoms with Crippen molar-refractivity contribution in [1.82, 2.24) is 9.29 Å². The van der Waals surface area contributed by atoms with Gasteiger partial charge in [-0.1, -0.05) is 18.2 Å². The molecule has 0 saturated heterocycles. The second-order valence-corrected chi connectivity index (χ2v) is 7.07. The van der Waals surface area contributed by atoms with Crippen LogP contribution < -0.4 is 5.73 Å². The number of sulfonamides is 1. The van der Waals surface area contributed by atoms with Gasteiger partial charge in [0.2, 0.25) is 10.0 Å². The van der Waals surface area contributed by atoms with Crippen LogP contribution in [0, 0.1) is 0 Å². The first-order valence-electron chi connectivity index (χ1n) is 6.65. The minimum absolute atomic E-state index is 0.0697. The Balaban J connectivity index is 2.00. The van der Waals surface area contributed by atoms with E-state index in [9.17, 15) is 8.42 Å². The van der Waals surface area contributed by atoms with Crippen LogP contribution in [0.1, 0.15) is 11.1 Å². The van der Waals surface area contributed by atoms with Crippen molar-refractivity contribution in [3.63, 3.8) is 0 Å². The maximum Gasteiger partial charge on any atom is 0.214 e. The Labute approximate surface area is 125 Å². The molecule has 0 aliphatic rings. The number of hydrogen-bond donors (Lipinski definition) is 1. The van der Waals surface area contributed by atoms with Crippen molar-refractivity contribution in [3.8, 4) is 0 Å². The third-order valence-corrected chi connectivity index (χ3v) is 5.12. The van der Waals surface area contributed by atoms with E-state index < -0.39 is 10.0 Å². The SMILES string of the molecule is CN(Cc1ccccc1N)S(=O)(=O)CCc1ccncc1. The predicted molar refractivity (Wildman–Crippen MR) is 84.0 cm³/mol. The Morgan fingerprint density at radius 1 is 1.14 bits per heavy atom. The lowest BCUT2D eigenvalue weighted by atomic mass is 10.2. The molecule has 0 fully saturated rings. The summed E-state index contributed by atoms with van der Waals surface area (Å²) in [5.74, 6) is 0.0697. The molecule has 2 rings (SSSR count). The number of nitrogen functional groups attached to an aromatic ring is 1. The van der Waals surface area contributed by atoms with E-state index in [1.807, 2.05) is 30.3 Å². The first-order valence-corrected chi connectivity index (χ1v) is 8.26. The van der Waals surface area contributed by atoms with E-state index in [4.69, 9.17) is 5.73 Å². The smallest absolute Gasteiger partial charge is 0.214 e. The molecule has 112 valence electrons. The van der Waals surface area contributed by atoms with Crippen molar-refractivity contribution in [2.24, 2.45) is 0 Å². The van der Waals surface area contributed by atoms with Crippen LogP contribution in [0.15, 0.2) is 48.8 Å². The van der Waals surface area contributed by atoms with Crippen molar-refractivity contribution in [1.29, 1.82) is 0 Å². The van der Waals surface area contributed by atoms with Crippen LogP contribution in [-0.2, 0) is 23.0 Å². The van der Waals surface area contributed by atoms with E-state index in [0.717, 1.165) is 11.1 Å². The molecule has 0 atom stereocenters. The largest absolute Gasteiger partial charge is 0.398 e. The van der Waals surface area contributed by atoms with Crippen molar-refractivity contribution < 1.29 is 8.42 Å². The fourth-order valence-electron chi connectivity index (χ4n) is 1.97. The maximum atomic E-state index is 12.3. The third kappa shape index (κ3) is 4.27. The number of pyridine rings is 1. The van der Waals surface area contributed by atoms with Gasteiger partial charge in [-0.05, 0) is 35.7 Å². The van der Waals surface area contributed by atoms with E-state index in [-0.39, 0.29) is 12.3 Å². The molecule has 0 radical (unpaired) electrons. The summed E-state index contributed by atoms with van der Waals surface area (Å²) in [6, 6.07) is 10.9. The van der Waals surface area contributed by atoms with Gasteiger partial charge in [0.15, 0.2) is 0 Å². The molecule has 1 aromatic carbocycles. The number of nitrogens with two attached hydrogens (primary N) is 1. The number of para-hydroxylation sites is 1. The minimum Gasteiger partial charge on any atom is -0.398 e. The minimum atomic E-state index is -3.32. The van der Waals surface area contributed by atoms with Gasteiger partial charge in [0.1, 0.15) is 0 Å². The quantitative estimate of drug-likeness (QED) is 0.824. The van der Waals surface area contributed by atoms with E-state index >= 15 is 0 Å². The summed E-state index contributed by atoms with van der Waals surface area (Å²) in [5.41, 5.74) is 8.23. The van der Waals surface area contributed by atoms with Gasteiger partial charge >= 0.3 is 0 Å². The molecule has 2 aromatic rings. The van der Waals surface area contributed by atoms with Crippen LogP contribution in [0.4, 0.5) is 5.69 Å². The maximum absolute atomic E-state index is 12.3. The van der Waals surface area contributed by atoms with Crippen molar-refractivity contribution in [2.45, 2.75) is 13.0 Å². The molecule has 5 nitrogen and oxygen atoms in total. The normalized spacial score (nSPS) is 11.7. The molecule has 0 aliphatic carbocycles. The molecular formula is C15H19N3O2S. The van der Waals surface area contributed by atoms with Crippen LogP contribution in [0.25, 0.3) is 0 Å². The Bertz CT molecular complexity index is 687. The summed E-state index contributed by atoms with van der Waals surface area (Å²) in [4.78, 5) is 3.92. The molecule has 0 amide bonds. The highest BCUT2D eigenvalue weighted by molar-refractivity contribution is 7.89. The van der Waals surface area contributed by atoms with E-state index in [0.29, 0.717) is 12.1 Å². The Kier molecular flexibility index (Phi) is 4.93. The van der Waals surface area contributed by atoms with Crippen LogP contribution in [0.2, 0.25) is 0 Å². The number of rotatable bonds is 6. The summed E-state index contributed by atoms with van der Waals surface area (Å²) < 4.78 is 25.9. The summed E-state index contributed by atoms with van der Waals surface area (Å²) in [6.45, 7) is 0.283. The Hall–Kier alpha value is -1.92. The predicted octanol–water partition coefficient (Wildman–Crippen LogP) is 1.67. The van der Waals surface area contributed by atoms with Gasteiger partial charge in [0.05, 0.1) is 5.75 Å². The summed E-state index contributed by atoms with van der Waals surface area (Å²) in [7, 11) is -1.74. The monoisotopic (exact) mass is 305 g/mol. The van der Waals surface area contributed by atoms with E-state index in [1.54, 1.807) is 25.5 Å². The highest BCUT2D eigenvalue weighted by Crippen LogP contribution is 2.15. The van der Waals surface area contributed by atoms with Gasteiger partial charge in [0, 0.05) is 31.7 Å². The van der Waals surface area contributed by atoms with Gasteiger partial charge in [-0.2, -0.15) is 0 Å². The van der Waals surface area contributed by atoms with Crippen molar-refractivity contribution in [3.05, 3.63) is 59.9 Å². The standard InChI is InChI=1S/C15H19N3O2S/c1-18(12-14-4-2-3-5-15(14)16)21(19,20)11-8-13-6-9-17-10-7-13/h2-7,9-10H,8,11-12,16H2,1H3. The molecule has 0 spiro atoms. The molecule has 0 aliphatic heterocycles. The number of hydrogen-bond acceptors (Lipinski definition) is 4. The average molecular weight is 305 g/mol. The van der Waals surface area contributed by atoms with Crippen LogP contribution in [0.5, 0.6) is 0 Å². The van der Waals surface area contributed by atoms with Gasteiger partial charge < -0.3 is 5.73 Å². The molecule has 2 N–H and O–H groups in total. The number of aromatic nitrogens is 1. The lowest BCUT2D eigenvalue weighted by Crippen LogP contribution is -2.29. The van der Waals surface area contributed by atoms with E-state index in [2.05, 4.69) is 4.98 Å². The zero-order chi connectivity index (χ0) is 15.3. The van der Waals surface area contributed by atoms with Crippen LogP contribution in [0.3, 0.4) is 0 Å². The molecule has 1 aromatic heterocycles. The molecule has 6 heteroatoms. The summed E-state index contributed by atoms with van der Waals surface area (Å²) >= 11 is 0. The number of anilines is 1. The summed E-state index contributed by atoms with van der Waals surface area (Å²) in [6.07, 6.45) is 3.80. The molecule has 1 heterocycles. The fraction of sp³-hybridized carbons (Fsp3) is 0.267. The van der Waals surface area contributed by atoms with Gasteiger partial charge in [-0.15, -0.1) is 0 Å². The second-order valence-electron chi connectivity index (χ2n) is 4.88. The van der Waals surface area contributed by atoms with Gasteiger partial charge in [0.25, 0.3) is 0 Å². The Morgan fingerprint density at radius 3 is 2.48 bits per heavy atom. The number of nitrogens with zero attached hydrogens (tertiary/aromatic N) is 2. The zero-order valence-electron chi connectivity index (χ0n) is 11.9. The topological polar surface area (TPSA) is 76.3 Å². The molecule has 0 saturated carbocycles. The molecular weight excluding hydrogens is 286 g/mol. The molecule has 21 heavy (non-hydrogen) atoms. The fourth-order valence-corrected chi connectivity index (χ4v) is 3.11. The third-order valence-electron chi connectivity index (χ3n) is 3.32. The highest BCUT2D eigenvalue weighted by Gasteiger charge is 2.18. The first-order chi connectivity index (χ1) is 9.99.